The van der Waals surface area contributed by atoms with Gasteiger partial charge >= 0.3 is 11.9 Å². The molecule has 2 heterocycles. The summed E-state index contributed by atoms with van der Waals surface area (Å²) in [4.78, 5) is 37.2. The highest BCUT2D eigenvalue weighted by molar-refractivity contribution is 8.00. The highest BCUT2D eigenvalue weighted by Crippen LogP contribution is 2.42. The molecule has 2 rings (SSSR count). The molecule has 0 radical (unpaired) electrons. The molecule has 0 aliphatic carbocycles. The number of carbonyl (C=O) groups excluding carboxylic acids is 3. The lowest BCUT2D eigenvalue weighted by Gasteiger charge is -2.49. The third kappa shape index (κ3) is 3.69. The summed E-state index contributed by atoms with van der Waals surface area (Å²) in [6, 6.07) is 0. The van der Waals surface area contributed by atoms with Crippen molar-refractivity contribution in [2.45, 2.75) is 44.8 Å². The number of hydrogen-bond donors (Lipinski definition) is 0. The molecule has 0 saturated carbocycles. The quantitative estimate of drug-likeness (QED) is 0.558. The molecule has 0 aromatic carbocycles. The molecule has 1 unspecified atom stereocenters. The van der Waals surface area contributed by atoms with E-state index in [1.165, 1.54) is 30.7 Å². The van der Waals surface area contributed by atoms with Gasteiger partial charge < -0.3 is 14.2 Å². The Bertz CT molecular complexity index is 565. The molecule has 1 saturated heterocycles. The summed E-state index contributed by atoms with van der Waals surface area (Å²) in [6.07, 6.45) is -0.562. The number of amides is 1. The average Bonchev–Trinajstić information content (AvgIpc) is 2.42. The summed E-state index contributed by atoms with van der Waals surface area (Å²) in [5, 5.41) is -0.254. The van der Waals surface area contributed by atoms with E-state index in [4.69, 9.17) is 14.2 Å². The Hall–Kier alpha value is -1.54. The van der Waals surface area contributed by atoms with E-state index >= 15 is 0 Å². The van der Waals surface area contributed by atoms with Gasteiger partial charge in [0.2, 0.25) is 0 Å². The lowest BCUT2D eigenvalue weighted by molar-refractivity contribution is -0.167. The Morgan fingerprint density at radius 2 is 2.00 bits per heavy atom. The standard InChI is InChI=1S/C15H21NO6S/c1-8(17)21-6-9-7-23-13-11(20-5)12(18)16(13)10(9)14(19)22-15(2,3)4/h11,13H,6-7H2,1-5H3/t11?,13-/m1/s1. The Labute approximate surface area is 139 Å². The largest absolute Gasteiger partial charge is 0.461 e. The predicted octanol–water partition coefficient (Wildman–Crippen LogP) is 1.08. The lowest BCUT2D eigenvalue weighted by atomic mass is 10.1. The maximum Gasteiger partial charge on any atom is 0.355 e. The third-order valence-corrected chi connectivity index (χ3v) is 4.61. The zero-order valence-corrected chi connectivity index (χ0v) is 14.7. The van der Waals surface area contributed by atoms with Crippen LogP contribution >= 0.6 is 11.8 Å². The molecule has 128 valence electrons. The van der Waals surface area contributed by atoms with E-state index in [1.54, 1.807) is 20.8 Å². The molecule has 2 atom stereocenters. The first kappa shape index (κ1) is 17.8. The third-order valence-electron chi connectivity index (χ3n) is 3.29. The Balaban J connectivity index is 2.31. The number of rotatable bonds is 4. The minimum absolute atomic E-state index is 0.0366. The molecular formula is C15H21NO6S. The van der Waals surface area contributed by atoms with Crippen LogP contribution < -0.4 is 0 Å². The number of fused-ring (bicyclic) bond motifs is 1. The summed E-state index contributed by atoms with van der Waals surface area (Å²) in [6.45, 7) is 6.51. The van der Waals surface area contributed by atoms with Gasteiger partial charge in [0, 0.05) is 25.4 Å². The maximum absolute atomic E-state index is 12.5. The average molecular weight is 343 g/mol. The Kier molecular flexibility index (Phi) is 5.05. The number of β-lactam (4-membered cyclic amide) rings is 1. The second-order valence-corrected chi connectivity index (χ2v) is 7.41. The van der Waals surface area contributed by atoms with Crippen molar-refractivity contribution in [2.75, 3.05) is 19.5 Å². The van der Waals surface area contributed by atoms with Crippen molar-refractivity contribution < 1.29 is 28.6 Å². The van der Waals surface area contributed by atoms with Crippen LogP contribution in [0, 0.1) is 0 Å². The van der Waals surface area contributed by atoms with E-state index in [0.29, 0.717) is 11.3 Å². The summed E-state index contributed by atoms with van der Waals surface area (Å²) in [7, 11) is 1.46. The van der Waals surface area contributed by atoms with Crippen molar-refractivity contribution in [1.82, 2.24) is 4.90 Å². The molecule has 2 aliphatic heterocycles. The molecule has 1 fully saturated rings. The van der Waals surface area contributed by atoms with Crippen molar-refractivity contribution in [1.29, 1.82) is 0 Å². The number of ether oxygens (including phenoxy) is 3. The second-order valence-electron chi connectivity index (χ2n) is 6.30. The Morgan fingerprint density at radius 3 is 2.52 bits per heavy atom. The highest BCUT2D eigenvalue weighted by Gasteiger charge is 2.54. The second kappa shape index (κ2) is 6.52. The Morgan fingerprint density at radius 1 is 1.35 bits per heavy atom. The monoisotopic (exact) mass is 343 g/mol. The summed E-state index contributed by atoms with van der Waals surface area (Å²) >= 11 is 1.47. The van der Waals surface area contributed by atoms with Gasteiger partial charge in [-0.15, -0.1) is 11.8 Å². The van der Waals surface area contributed by atoms with E-state index in [-0.39, 0.29) is 23.6 Å². The molecule has 2 aliphatic rings. The van der Waals surface area contributed by atoms with Crippen molar-refractivity contribution >= 4 is 29.6 Å². The maximum atomic E-state index is 12.5. The minimum Gasteiger partial charge on any atom is -0.461 e. The van der Waals surface area contributed by atoms with E-state index < -0.39 is 23.6 Å². The van der Waals surface area contributed by atoms with Gasteiger partial charge in [0.1, 0.15) is 23.3 Å². The van der Waals surface area contributed by atoms with Gasteiger partial charge in [0.05, 0.1) is 0 Å². The fourth-order valence-electron chi connectivity index (χ4n) is 2.35. The van der Waals surface area contributed by atoms with E-state index in [0.717, 1.165) is 0 Å². The number of methoxy groups -OCH3 is 1. The number of esters is 2. The fourth-order valence-corrected chi connectivity index (χ4v) is 3.70. The molecule has 1 amide bonds. The molecular weight excluding hydrogens is 322 g/mol. The van der Waals surface area contributed by atoms with Crippen LogP contribution in [-0.4, -0.2) is 59.3 Å². The zero-order chi connectivity index (χ0) is 17.4. The van der Waals surface area contributed by atoms with Crippen molar-refractivity contribution in [3.05, 3.63) is 11.3 Å². The van der Waals surface area contributed by atoms with E-state index in [2.05, 4.69) is 0 Å². The zero-order valence-electron chi connectivity index (χ0n) is 13.9. The molecule has 0 bridgehead atoms. The fraction of sp³-hybridized carbons (Fsp3) is 0.667. The van der Waals surface area contributed by atoms with Gasteiger partial charge in [0.15, 0.2) is 6.10 Å². The van der Waals surface area contributed by atoms with Crippen molar-refractivity contribution in [3.8, 4) is 0 Å². The normalized spacial score (nSPS) is 24.0. The van der Waals surface area contributed by atoms with Crippen LogP contribution in [0.2, 0.25) is 0 Å². The first-order chi connectivity index (χ1) is 10.7. The van der Waals surface area contributed by atoms with Crippen LogP contribution in [0.4, 0.5) is 0 Å². The smallest absolute Gasteiger partial charge is 0.355 e. The molecule has 7 nitrogen and oxygen atoms in total. The number of hydrogen-bond acceptors (Lipinski definition) is 7. The predicted molar refractivity (Wildman–Crippen MR) is 83.4 cm³/mol. The molecule has 0 aromatic heterocycles. The summed E-state index contributed by atoms with van der Waals surface area (Å²) in [5.41, 5.74) is 0.0486. The van der Waals surface area contributed by atoms with Crippen LogP contribution in [0.5, 0.6) is 0 Å². The van der Waals surface area contributed by atoms with Gasteiger partial charge in [-0.05, 0) is 20.8 Å². The van der Waals surface area contributed by atoms with Gasteiger partial charge in [-0.2, -0.15) is 0 Å². The topological polar surface area (TPSA) is 82.1 Å². The molecule has 8 heteroatoms. The van der Waals surface area contributed by atoms with Crippen LogP contribution in [0.25, 0.3) is 0 Å². The van der Waals surface area contributed by atoms with Crippen LogP contribution in [0.1, 0.15) is 27.7 Å². The van der Waals surface area contributed by atoms with Crippen LogP contribution in [0.3, 0.4) is 0 Å². The van der Waals surface area contributed by atoms with Crippen molar-refractivity contribution in [3.63, 3.8) is 0 Å². The van der Waals surface area contributed by atoms with E-state index in [9.17, 15) is 14.4 Å². The van der Waals surface area contributed by atoms with Gasteiger partial charge in [-0.3, -0.25) is 14.5 Å². The van der Waals surface area contributed by atoms with Crippen LogP contribution in [-0.2, 0) is 28.6 Å². The minimum atomic E-state index is -0.689. The molecule has 0 N–H and O–H groups in total. The summed E-state index contributed by atoms with van der Waals surface area (Å²) in [5.74, 6) is -0.854. The SMILES string of the molecule is COC1C(=O)N2C(C(=O)OC(C)(C)C)=C(COC(C)=O)CS[C@H]12. The number of thioether (sulfide) groups is 1. The lowest BCUT2D eigenvalue weighted by Crippen LogP contribution is -2.65. The molecule has 0 aromatic rings. The first-order valence-corrected chi connectivity index (χ1v) is 8.27. The molecule has 0 spiro atoms. The van der Waals surface area contributed by atoms with Gasteiger partial charge in [-0.25, -0.2) is 4.79 Å². The molecule has 23 heavy (non-hydrogen) atoms. The number of carbonyl (C=O) groups is 3. The summed E-state index contributed by atoms with van der Waals surface area (Å²) < 4.78 is 15.6. The van der Waals surface area contributed by atoms with E-state index in [1.807, 2.05) is 0 Å². The van der Waals surface area contributed by atoms with Gasteiger partial charge in [0.25, 0.3) is 5.91 Å². The highest BCUT2D eigenvalue weighted by atomic mass is 32.2. The number of nitrogens with zero attached hydrogens (tertiary/aromatic N) is 1. The van der Waals surface area contributed by atoms with Crippen LogP contribution in [0.15, 0.2) is 11.3 Å². The first-order valence-electron chi connectivity index (χ1n) is 7.22. The van der Waals surface area contributed by atoms with Crippen molar-refractivity contribution in [2.24, 2.45) is 0 Å². The van der Waals surface area contributed by atoms with Gasteiger partial charge in [-0.1, -0.05) is 0 Å².